The van der Waals surface area contributed by atoms with Gasteiger partial charge in [-0.05, 0) is 12.5 Å². The Labute approximate surface area is 110 Å². The van der Waals surface area contributed by atoms with Gasteiger partial charge in [0.25, 0.3) is 0 Å². The van der Waals surface area contributed by atoms with Gasteiger partial charge in [0.2, 0.25) is 10.0 Å². The molecule has 1 heterocycles. The Morgan fingerprint density at radius 2 is 2.28 bits per heavy atom. The molecule has 0 aliphatic carbocycles. The highest BCUT2D eigenvalue weighted by Crippen LogP contribution is 2.13. The number of hydrogen-bond acceptors (Lipinski definition) is 5. The van der Waals surface area contributed by atoms with Crippen molar-refractivity contribution in [1.82, 2.24) is 4.98 Å². The lowest BCUT2D eigenvalue weighted by atomic mass is 10.3. The smallest absolute Gasteiger partial charge is 0.305 e. The summed E-state index contributed by atoms with van der Waals surface area (Å²) in [6.07, 6.45) is 1.64. The zero-order valence-electron chi connectivity index (χ0n) is 9.72. The van der Waals surface area contributed by atoms with Crippen LogP contribution in [0.5, 0.6) is 0 Å². The molecule has 0 saturated carbocycles. The predicted octanol–water partition coefficient (Wildman–Crippen LogP) is 1.43. The molecule has 0 aliphatic heterocycles. The summed E-state index contributed by atoms with van der Waals surface area (Å²) in [5, 5.41) is 0.386. The van der Waals surface area contributed by atoms with Crippen molar-refractivity contribution >= 4 is 33.4 Å². The van der Waals surface area contributed by atoms with Crippen LogP contribution in [-0.2, 0) is 19.6 Å². The van der Waals surface area contributed by atoms with Crippen molar-refractivity contribution in [1.29, 1.82) is 0 Å². The SMILES string of the molecule is COC(=O)CCCS(=O)(=O)Nc1cc(Cl)ccn1. The molecular weight excluding hydrogens is 280 g/mol. The number of aromatic nitrogens is 1. The fourth-order valence-electron chi connectivity index (χ4n) is 1.18. The molecule has 18 heavy (non-hydrogen) atoms. The standard InChI is InChI=1S/C10H13ClN2O4S/c1-17-10(14)3-2-6-18(15,16)13-9-7-8(11)4-5-12-9/h4-5,7H,2-3,6H2,1H3,(H,12,13). The number of esters is 1. The van der Waals surface area contributed by atoms with Gasteiger partial charge in [0.1, 0.15) is 5.82 Å². The first kappa shape index (κ1) is 14.7. The third kappa shape index (κ3) is 5.33. The monoisotopic (exact) mass is 292 g/mol. The molecule has 8 heteroatoms. The third-order valence-electron chi connectivity index (χ3n) is 2.00. The number of anilines is 1. The van der Waals surface area contributed by atoms with Crippen LogP contribution in [0.3, 0.4) is 0 Å². The Morgan fingerprint density at radius 3 is 2.89 bits per heavy atom. The van der Waals surface area contributed by atoms with Gasteiger partial charge in [0.15, 0.2) is 0 Å². The van der Waals surface area contributed by atoms with E-state index in [2.05, 4.69) is 14.4 Å². The van der Waals surface area contributed by atoms with Crippen LogP contribution >= 0.6 is 11.6 Å². The molecule has 100 valence electrons. The van der Waals surface area contributed by atoms with Crippen molar-refractivity contribution in [3.05, 3.63) is 23.4 Å². The number of nitrogens with one attached hydrogen (secondary N) is 1. The highest BCUT2D eigenvalue weighted by Gasteiger charge is 2.12. The van der Waals surface area contributed by atoms with Gasteiger partial charge in [-0.25, -0.2) is 13.4 Å². The van der Waals surface area contributed by atoms with Crippen LogP contribution in [0.25, 0.3) is 0 Å². The summed E-state index contributed by atoms with van der Waals surface area (Å²) in [5.74, 6) is -0.470. The van der Waals surface area contributed by atoms with E-state index in [9.17, 15) is 13.2 Å². The van der Waals surface area contributed by atoms with Crippen LogP contribution in [0.2, 0.25) is 5.02 Å². The number of rotatable bonds is 6. The highest BCUT2D eigenvalue weighted by atomic mass is 35.5. The lowest BCUT2D eigenvalue weighted by Gasteiger charge is -2.06. The first-order valence-electron chi connectivity index (χ1n) is 5.12. The molecule has 0 spiro atoms. The second-order valence-corrected chi connectivity index (χ2v) is 5.74. The summed E-state index contributed by atoms with van der Waals surface area (Å²) in [6, 6.07) is 2.94. The van der Waals surface area contributed by atoms with E-state index in [0.29, 0.717) is 5.02 Å². The maximum atomic E-state index is 11.6. The van der Waals surface area contributed by atoms with E-state index < -0.39 is 16.0 Å². The van der Waals surface area contributed by atoms with E-state index in [-0.39, 0.29) is 24.4 Å². The van der Waals surface area contributed by atoms with Crippen molar-refractivity contribution in [2.24, 2.45) is 0 Å². The van der Waals surface area contributed by atoms with Crippen molar-refractivity contribution in [2.75, 3.05) is 17.6 Å². The lowest BCUT2D eigenvalue weighted by Crippen LogP contribution is -2.18. The van der Waals surface area contributed by atoms with E-state index in [1.807, 2.05) is 0 Å². The van der Waals surface area contributed by atoms with Gasteiger partial charge in [-0.1, -0.05) is 11.6 Å². The zero-order chi connectivity index (χ0) is 13.6. The number of carbonyl (C=O) groups excluding carboxylic acids is 1. The van der Waals surface area contributed by atoms with Gasteiger partial charge in [-0.3, -0.25) is 9.52 Å². The molecule has 1 aromatic heterocycles. The number of ether oxygens (including phenoxy) is 1. The van der Waals surface area contributed by atoms with Crippen LogP contribution in [0.15, 0.2) is 18.3 Å². The number of nitrogens with zero attached hydrogens (tertiary/aromatic N) is 1. The number of pyridine rings is 1. The average molecular weight is 293 g/mol. The number of sulfonamides is 1. The summed E-state index contributed by atoms with van der Waals surface area (Å²) in [6.45, 7) is 0. The third-order valence-corrected chi connectivity index (χ3v) is 3.59. The molecule has 0 unspecified atom stereocenters. The van der Waals surface area contributed by atoms with Crippen molar-refractivity contribution in [3.63, 3.8) is 0 Å². The van der Waals surface area contributed by atoms with E-state index >= 15 is 0 Å². The summed E-state index contributed by atoms with van der Waals surface area (Å²) in [7, 11) is -2.28. The minimum Gasteiger partial charge on any atom is -0.469 e. The van der Waals surface area contributed by atoms with E-state index in [1.165, 1.54) is 25.4 Å². The fourth-order valence-corrected chi connectivity index (χ4v) is 2.40. The Kier molecular flexibility index (Phi) is 5.36. The van der Waals surface area contributed by atoms with Crippen molar-refractivity contribution in [2.45, 2.75) is 12.8 Å². The van der Waals surface area contributed by atoms with Gasteiger partial charge in [-0.2, -0.15) is 0 Å². The number of methoxy groups -OCH3 is 1. The Hall–Kier alpha value is -1.34. The topological polar surface area (TPSA) is 85.4 Å². The van der Waals surface area contributed by atoms with E-state index in [4.69, 9.17) is 11.6 Å². The van der Waals surface area contributed by atoms with Gasteiger partial charge in [-0.15, -0.1) is 0 Å². The molecule has 0 aliphatic rings. The average Bonchev–Trinajstić information content (AvgIpc) is 2.27. The van der Waals surface area contributed by atoms with Crippen LogP contribution in [-0.4, -0.2) is 32.2 Å². The first-order valence-corrected chi connectivity index (χ1v) is 7.15. The number of hydrogen-bond donors (Lipinski definition) is 1. The van der Waals surface area contributed by atoms with Crippen molar-refractivity contribution in [3.8, 4) is 0 Å². The van der Waals surface area contributed by atoms with Crippen molar-refractivity contribution < 1.29 is 17.9 Å². The Balaban J connectivity index is 2.52. The van der Waals surface area contributed by atoms with Crippen LogP contribution in [0.4, 0.5) is 5.82 Å². The molecule has 0 amide bonds. The highest BCUT2D eigenvalue weighted by molar-refractivity contribution is 7.92. The van der Waals surface area contributed by atoms with Crippen LogP contribution in [0, 0.1) is 0 Å². The Morgan fingerprint density at radius 1 is 1.56 bits per heavy atom. The molecule has 1 N–H and O–H groups in total. The molecule has 6 nitrogen and oxygen atoms in total. The van der Waals surface area contributed by atoms with E-state index in [1.54, 1.807) is 0 Å². The summed E-state index contributed by atoms with van der Waals surface area (Å²) in [5.41, 5.74) is 0. The number of halogens is 1. The first-order chi connectivity index (χ1) is 8.43. The molecule has 0 saturated heterocycles. The molecule has 0 bridgehead atoms. The second kappa shape index (κ2) is 6.55. The summed E-state index contributed by atoms with van der Waals surface area (Å²) < 4.78 is 30.0. The summed E-state index contributed by atoms with van der Waals surface area (Å²) >= 11 is 5.70. The quantitative estimate of drug-likeness (QED) is 0.802. The van der Waals surface area contributed by atoms with Gasteiger partial charge in [0.05, 0.1) is 12.9 Å². The van der Waals surface area contributed by atoms with Gasteiger partial charge >= 0.3 is 5.97 Å². The maximum absolute atomic E-state index is 11.6. The molecule has 1 rings (SSSR count). The maximum Gasteiger partial charge on any atom is 0.305 e. The van der Waals surface area contributed by atoms with E-state index in [0.717, 1.165) is 0 Å². The van der Waals surface area contributed by atoms with Crippen LogP contribution < -0.4 is 4.72 Å². The molecule has 0 fully saturated rings. The molecule has 0 atom stereocenters. The zero-order valence-corrected chi connectivity index (χ0v) is 11.3. The fraction of sp³-hybridized carbons (Fsp3) is 0.400. The normalized spacial score (nSPS) is 11.0. The minimum atomic E-state index is -3.53. The molecule has 0 aromatic carbocycles. The second-order valence-electron chi connectivity index (χ2n) is 3.46. The molecule has 0 radical (unpaired) electrons. The summed E-state index contributed by atoms with van der Waals surface area (Å²) in [4.78, 5) is 14.7. The largest absolute Gasteiger partial charge is 0.469 e. The molecule has 1 aromatic rings. The Bertz CT molecular complexity index is 518. The predicted molar refractivity (Wildman–Crippen MR) is 67.9 cm³/mol. The van der Waals surface area contributed by atoms with Gasteiger partial charge in [0, 0.05) is 23.7 Å². The van der Waals surface area contributed by atoms with Crippen LogP contribution in [0.1, 0.15) is 12.8 Å². The van der Waals surface area contributed by atoms with Gasteiger partial charge < -0.3 is 4.74 Å². The lowest BCUT2D eigenvalue weighted by molar-refractivity contribution is -0.140. The number of carbonyl (C=O) groups is 1. The molecular formula is C10H13ClN2O4S. The minimum absolute atomic E-state index is 0.0559.